The summed E-state index contributed by atoms with van der Waals surface area (Å²) in [5.41, 5.74) is 3.31. The number of aryl methyl sites for hydroxylation is 2. The van der Waals surface area contributed by atoms with E-state index in [2.05, 4.69) is 20.0 Å². The van der Waals surface area contributed by atoms with Crippen LogP contribution in [0, 0.1) is 13.8 Å². The third-order valence-corrected chi connectivity index (χ3v) is 6.49. The minimum atomic E-state index is -4.00. The Bertz CT molecular complexity index is 1240. The smallest absolute Gasteiger partial charge is 0.303 e. The zero-order chi connectivity index (χ0) is 24.0. The molecule has 8 nitrogen and oxygen atoms in total. The summed E-state index contributed by atoms with van der Waals surface area (Å²) in [6.45, 7) is 4.37. The third kappa shape index (κ3) is 6.43. The van der Waals surface area contributed by atoms with Crippen LogP contribution in [0.1, 0.15) is 30.4 Å². The summed E-state index contributed by atoms with van der Waals surface area (Å²) in [5, 5.41) is 12.0. The lowest BCUT2D eigenvalue weighted by Crippen LogP contribution is -2.16. The van der Waals surface area contributed by atoms with Crippen LogP contribution in [0.15, 0.2) is 53.6 Å². The number of hydrogen-bond acceptors (Lipinski definition) is 6. The molecule has 0 saturated carbocycles. The molecule has 0 fully saturated rings. The first-order valence-electron chi connectivity index (χ1n) is 10.4. The molecule has 0 bridgehead atoms. The fourth-order valence-electron chi connectivity index (χ4n) is 3.33. The van der Waals surface area contributed by atoms with Gasteiger partial charge in [-0.2, -0.15) is 8.42 Å². The molecule has 0 saturated heterocycles. The SMILES string of the molecule is Cc1cccc(C)c1-c1nc(NS(=O)(=O)c2cccc(NCCCCC(=O)O)n2)ccc1Cl. The van der Waals surface area contributed by atoms with Crippen molar-refractivity contribution in [3.8, 4) is 11.3 Å². The molecule has 2 aromatic heterocycles. The highest BCUT2D eigenvalue weighted by atomic mass is 35.5. The standard InChI is InChI=1S/C23H25ClN4O4S/c1-15-7-5-8-16(2)22(15)23-17(24)12-13-19(27-23)28-33(31,32)20-10-6-9-18(26-20)25-14-4-3-11-21(29)30/h5-10,12-13H,3-4,11,14H2,1-2H3,(H,25,26)(H,27,28)(H,29,30). The Balaban J connectivity index is 1.78. The van der Waals surface area contributed by atoms with Gasteiger partial charge in [0.15, 0.2) is 5.03 Å². The number of halogens is 1. The molecule has 0 radical (unpaired) electrons. The van der Waals surface area contributed by atoms with Crippen LogP contribution in [-0.2, 0) is 14.8 Å². The number of nitrogens with zero attached hydrogens (tertiary/aromatic N) is 2. The second-order valence-corrected chi connectivity index (χ2v) is 9.57. The number of carboxylic acid groups (broad SMARTS) is 1. The molecule has 174 valence electrons. The van der Waals surface area contributed by atoms with Crippen LogP contribution < -0.4 is 10.0 Å². The van der Waals surface area contributed by atoms with Gasteiger partial charge < -0.3 is 10.4 Å². The molecular weight excluding hydrogens is 464 g/mol. The summed E-state index contributed by atoms with van der Waals surface area (Å²) in [6.07, 6.45) is 1.23. The lowest BCUT2D eigenvalue weighted by molar-refractivity contribution is -0.137. The number of benzene rings is 1. The second kappa shape index (κ2) is 10.6. The van der Waals surface area contributed by atoms with Crippen molar-refractivity contribution in [2.24, 2.45) is 0 Å². The summed E-state index contributed by atoms with van der Waals surface area (Å²) < 4.78 is 28.3. The highest BCUT2D eigenvalue weighted by molar-refractivity contribution is 7.92. The van der Waals surface area contributed by atoms with Gasteiger partial charge in [0, 0.05) is 18.5 Å². The summed E-state index contributed by atoms with van der Waals surface area (Å²) >= 11 is 6.38. The van der Waals surface area contributed by atoms with E-state index >= 15 is 0 Å². The number of carboxylic acids is 1. The highest BCUT2D eigenvalue weighted by Crippen LogP contribution is 2.32. The monoisotopic (exact) mass is 488 g/mol. The van der Waals surface area contributed by atoms with Gasteiger partial charge in [0.25, 0.3) is 10.0 Å². The van der Waals surface area contributed by atoms with Gasteiger partial charge in [-0.05, 0) is 62.1 Å². The van der Waals surface area contributed by atoms with Crippen LogP contribution in [-0.4, -0.2) is 36.0 Å². The zero-order valence-corrected chi connectivity index (χ0v) is 19.9. The van der Waals surface area contributed by atoms with E-state index in [9.17, 15) is 13.2 Å². The molecule has 0 spiro atoms. The Morgan fingerprint density at radius 3 is 2.36 bits per heavy atom. The van der Waals surface area contributed by atoms with E-state index < -0.39 is 16.0 Å². The molecule has 0 aliphatic rings. The molecule has 1 aromatic carbocycles. The predicted molar refractivity (Wildman–Crippen MR) is 129 cm³/mol. The summed E-state index contributed by atoms with van der Waals surface area (Å²) in [5.74, 6) is -0.330. The minimum Gasteiger partial charge on any atom is -0.481 e. The molecule has 0 unspecified atom stereocenters. The Labute approximate surface area is 198 Å². The van der Waals surface area contributed by atoms with Crippen LogP contribution >= 0.6 is 11.6 Å². The Kier molecular flexibility index (Phi) is 7.88. The molecule has 0 atom stereocenters. The largest absolute Gasteiger partial charge is 0.481 e. The first-order chi connectivity index (χ1) is 15.7. The lowest BCUT2D eigenvalue weighted by Gasteiger charge is -2.13. The maximum Gasteiger partial charge on any atom is 0.303 e. The van der Waals surface area contributed by atoms with E-state index in [1.165, 1.54) is 12.1 Å². The van der Waals surface area contributed by atoms with E-state index in [0.29, 0.717) is 35.9 Å². The number of rotatable bonds is 10. The Morgan fingerprint density at radius 2 is 1.67 bits per heavy atom. The van der Waals surface area contributed by atoms with Crippen molar-refractivity contribution < 1.29 is 18.3 Å². The Hall–Kier alpha value is -3.17. The van der Waals surface area contributed by atoms with Gasteiger partial charge in [0.05, 0.1) is 10.7 Å². The molecule has 3 rings (SSSR count). The number of carbonyl (C=O) groups is 1. The number of sulfonamides is 1. The van der Waals surface area contributed by atoms with Crippen molar-refractivity contribution in [3.05, 3.63) is 64.7 Å². The summed E-state index contributed by atoms with van der Waals surface area (Å²) in [7, 11) is -4.00. The summed E-state index contributed by atoms with van der Waals surface area (Å²) in [6, 6.07) is 13.6. The maximum atomic E-state index is 12.9. The number of unbranched alkanes of at least 4 members (excludes halogenated alkanes) is 1. The van der Waals surface area contributed by atoms with E-state index in [0.717, 1.165) is 16.7 Å². The summed E-state index contributed by atoms with van der Waals surface area (Å²) in [4.78, 5) is 19.2. The second-order valence-electron chi connectivity index (χ2n) is 7.54. The van der Waals surface area contributed by atoms with Crippen LogP contribution in [0.2, 0.25) is 5.02 Å². The number of hydrogen-bond donors (Lipinski definition) is 3. The Morgan fingerprint density at radius 1 is 0.970 bits per heavy atom. The first kappa shape index (κ1) is 24.5. The average Bonchev–Trinajstić information content (AvgIpc) is 2.75. The molecule has 33 heavy (non-hydrogen) atoms. The van der Waals surface area contributed by atoms with E-state index in [1.807, 2.05) is 32.0 Å². The van der Waals surface area contributed by atoms with Crippen molar-refractivity contribution in [2.75, 3.05) is 16.6 Å². The van der Waals surface area contributed by atoms with E-state index in [1.54, 1.807) is 18.2 Å². The topological polar surface area (TPSA) is 121 Å². The number of aromatic nitrogens is 2. The fraction of sp³-hybridized carbons (Fsp3) is 0.261. The van der Waals surface area contributed by atoms with Gasteiger partial charge in [-0.3, -0.25) is 9.52 Å². The highest BCUT2D eigenvalue weighted by Gasteiger charge is 2.19. The van der Waals surface area contributed by atoms with Gasteiger partial charge in [0.2, 0.25) is 0 Å². The van der Waals surface area contributed by atoms with E-state index in [4.69, 9.17) is 16.7 Å². The lowest BCUT2D eigenvalue weighted by atomic mass is 9.99. The predicted octanol–water partition coefficient (Wildman–Crippen LogP) is 4.88. The number of nitrogens with one attached hydrogen (secondary N) is 2. The molecular formula is C23H25ClN4O4S. The van der Waals surface area contributed by atoms with Crippen LogP contribution in [0.25, 0.3) is 11.3 Å². The number of aliphatic carboxylic acids is 1. The number of pyridine rings is 2. The van der Waals surface area contributed by atoms with Crippen molar-refractivity contribution >= 4 is 39.2 Å². The van der Waals surface area contributed by atoms with Gasteiger partial charge >= 0.3 is 5.97 Å². The zero-order valence-electron chi connectivity index (χ0n) is 18.3. The molecule has 2 heterocycles. The molecule has 0 amide bonds. The van der Waals surface area contributed by atoms with Crippen molar-refractivity contribution in [1.29, 1.82) is 0 Å². The van der Waals surface area contributed by atoms with Crippen molar-refractivity contribution in [3.63, 3.8) is 0 Å². The maximum absolute atomic E-state index is 12.9. The van der Waals surface area contributed by atoms with Crippen LogP contribution in [0.5, 0.6) is 0 Å². The minimum absolute atomic E-state index is 0.0888. The van der Waals surface area contributed by atoms with Crippen LogP contribution in [0.4, 0.5) is 11.6 Å². The van der Waals surface area contributed by atoms with Gasteiger partial charge in [-0.25, -0.2) is 9.97 Å². The first-order valence-corrected chi connectivity index (χ1v) is 12.2. The van der Waals surface area contributed by atoms with E-state index in [-0.39, 0.29) is 17.3 Å². The van der Waals surface area contributed by atoms with Crippen molar-refractivity contribution in [1.82, 2.24) is 9.97 Å². The molecule has 3 N–H and O–H groups in total. The van der Waals surface area contributed by atoms with Gasteiger partial charge in [0.1, 0.15) is 11.6 Å². The van der Waals surface area contributed by atoms with Gasteiger partial charge in [-0.1, -0.05) is 35.9 Å². The normalized spacial score (nSPS) is 11.2. The molecule has 0 aliphatic heterocycles. The molecule has 0 aliphatic carbocycles. The molecule has 10 heteroatoms. The van der Waals surface area contributed by atoms with Gasteiger partial charge in [-0.15, -0.1) is 0 Å². The molecule has 3 aromatic rings. The fourth-order valence-corrected chi connectivity index (χ4v) is 4.50. The van der Waals surface area contributed by atoms with Crippen LogP contribution in [0.3, 0.4) is 0 Å². The number of anilines is 2. The third-order valence-electron chi connectivity index (χ3n) is 4.93. The quantitative estimate of drug-likeness (QED) is 0.347. The van der Waals surface area contributed by atoms with Crippen molar-refractivity contribution in [2.45, 2.75) is 38.1 Å². The average molecular weight is 489 g/mol.